The van der Waals surface area contributed by atoms with Gasteiger partial charge in [-0.2, -0.15) is 0 Å². The largest absolute Gasteiger partial charge is 0.493 e. The summed E-state index contributed by atoms with van der Waals surface area (Å²) in [5.41, 5.74) is 2.18. The number of methoxy groups -OCH3 is 2. The number of nitrogens with one attached hydrogen (secondary N) is 1. The molecule has 2 aromatic heterocycles. The first-order valence-corrected chi connectivity index (χ1v) is 10.4. The quantitative estimate of drug-likeness (QED) is 0.570. The highest BCUT2D eigenvalue weighted by molar-refractivity contribution is 7.09. The third-order valence-corrected chi connectivity index (χ3v) is 5.59. The summed E-state index contributed by atoms with van der Waals surface area (Å²) in [6.07, 6.45) is 0. The molecule has 0 saturated heterocycles. The lowest BCUT2D eigenvalue weighted by Gasteiger charge is -2.17. The number of aromatic nitrogens is 2. The summed E-state index contributed by atoms with van der Waals surface area (Å²) in [7, 11) is 3.15. The molecule has 3 aromatic rings. The van der Waals surface area contributed by atoms with Crippen LogP contribution in [0.5, 0.6) is 11.5 Å². The molecule has 0 aliphatic carbocycles. The van der Waals surface area contributed by atoms with E-state index < -0.39 is 0 Å². The van der Waals surface area contributed by atoms with Gasteiger partial charge in [0.25, 0.3) is 5.56 Å². The van der Waals surface area contributed by atoms with E-state index in [1.165, 1.54) is 0 Å². The third kappa shape index (κ3) is 4.63. The Morgan fingerprint density at radius 3 is 2.59 bits per heavy atom. The average Bonchev–Trinajstić information content (AvgIpc) is 3.13. The second-order valence-corrected chi connectivity index (χ2v) is 8.33. The highest BCUT2D eigenvalue weighted by atomic mass is 35.5. The van der Waals surface area contributed by atoms with E-state index in [1.807, 2.05) is 31.4 Å². The van der Waals surface area contributed by atoms with E-state index >= 15 is 0 Å². The SMILES string of the molecule is C=C(Cl)Cn1c(=O)c(CN[C@H](C)c2csc(C)n2)cc2cc(OC)c(OC)cc21. The van der Waals surface area contributed by atoms with Crippen LogP contribution in [0, 0.1) is 6.92 Å². The van der Waals surface area contributed by atoms with Crippen LogP contribution in [0.1, 0.15) is 29.2 Å². The summed E-state index contributed by atoms with van der Waals surface area (Å²) in [6, 6.07) is 5.54. The fraction of sp³-hybridized carbons (Fsp3) is 0.333. The number of nitrogens with zero attached hydrogens (tertiary/aromatic N) is 2. The van der Waals surface area contributed by atoms with Crippen molar-refractivity contribution in [3.63, 3.8) is 0 Å². The molecule has 3 rings (SSSR count). The van der Waals surface area contributed by atoms with Gasteiger partial charge in [0, 0.05) is 40.0 Å². The van der Waals surface area contributed by atoms with Crippen molar-refractivity contribution in [1.29, 1.82) is 0 Å². The fourth-order valence-electron chi connectivity index (χ4n) is 3.17. The number of pyridine rings is 1. The Morgan fingerprint density at radius 2 is 2.00 bits per heavy atom. The molecule has 0 spiro atoms. The van der Waals surface area contributed by atoms with Crippen LogP contribution in [-0.2, 0) is 13.1 Å². The van der Waals surface area contributed by atoms with Crippen molar-refractivity contribution < 1.29 is 9.47 Å². The van der Waals surface area contributed by atoms with Crippen LogP contribution >= 0.6 is 22.9 Å². The Balaban J connectivity index is 2.03. The molecule has 8 heteroatoms. The summed E-state index contributed by atoms with van der Waals surface area (Å²) in [5, 5.41) is 7.66. The average molecular weight is 434 g/mol. The Hall–Kier alpha value is -2.35. The number of fused-ring (bicyclic) bond motifs is 1. The summed E-state index contributed by atoms with van der Waals surface area (Å²) in [4.78, 5) is 17.7. The monoisotopic (exact) mass is 433 g/mol. The molecule has 1 atom stereocenters. The van der Waals surface area contributed by atoms with Crippen molar-refractivity contribution >= 4 is 33.8 Å². The van der Waals surface area contributed by atoms with Crippen LogP contribution < -0.4 is 20.3 Å². The van der Waals surface area contributed by atoms with Gasteiger partial charge in [0.2, 0.25) is 0 Å². The topological polar surface area (TPSA) is 65.4 Å². The van der Waals surface area contributed by atoms with Gasteiger partial charge in [-0.05, 0) is 26.0 Å². The van der Waals surface area contributed by atoms with Crippen molar-refractivity contribution in [3.8, 4) is 11.5 Å². The lowest BCUT2D eigenvalue weighted by molar-refractivity contribution is 0.355. The first-order chi connectivity index (χ1) is 13.8. The summed E-state index contributed by atoms with van der Waals surface area (Å²) in [5.74, 6) is 1.15. The molecule has 1 aromatic carbocycles. The lowest BCUT2D eigenvalue weighted by Crippen LogP contribution is -2.29. The predicted molar refractivity (Wildman–Crippen MR) is 118 cm³/mol. The van der Waals surface area contributed by atoms with Crippen molar-refractivity contribution in [1.82, 2.24) is 14.9 Å². The van der Waals surface area contributed by atoms with Gasteiger partial charge in [0.05, 0.1) is 37.0 Å². The minimum absolute atomic E-state index is 0.0249. The van der Waals surface area contributed by atoms with Gasteiger partial charge in [-0.15, -0.1) is 11.3 Å². The molecule has 2 heterocycles. The van der Waals surface area contributed by atoms with E-state index in [1.54, 1.807) is 36.2 Å². The van der Waals surface area contributed by atoms with Crippen LogP contribution in [0.15, 0.2) is 40.0 Å². The van der Waals surface area contributed by atoms with E-state index in [2.05, 4.69) is 16.9 Å². The zero-order valence-electron chi connectivity index (χ0n) is 16.9. The lowest BCUT2D eigenvalue weighted by atomic mass is 10.1. The predicted octanol–water partition coefficient (Wildman–Crippen LogP) is 4.39. The Labute approximate surface area is 178 Å². The highest BCUT2D eigenvalue weighted by Gasteiger charge is 2.15. The number of aryl methyl sites for hydroxylation is 1. The van der Waals surface area contributed by atoms with E-state index in [4.69, 9.17) is 21.1 Å². The van der Waals surface area contributed by atoms with Crippen LogP contribution in [0.3, 0.4) is 0 Å². The Morgan fingerprint density at radius 1 is 1.31 bits per heavy atom. The van der Waals surface area contributed by atoms with Crippen LogP contribution in [-0.4, -0.2) is 23.8 Å². The molecule has 6 nitrogen and oxygen atoms in total. The van der Waals surface area contributed by atoms with Gasteiger partial charge in [0.1, 0.15) is 0 Å². The number of ether oxygens (including phenoxy) is 2. The maximum Gasteiger partial charge on any atom is 0.255 e. The normalized spacial score (nSPS) is 12.2. The molecule has 0 radical (unpaired) electrons. The zero-order chi connectivity index (χ0) is 21.1. The Kier molecular flexibility index (Phi) is 6.62. The Bertz CT molecular complexity index is 1110. The van der Waals surface area contributed by atoms with E-state index in [9.17, 15) is 4.79 Å². The number of benzene rings is 1. The van der Waals surface area contributed by atoms with Gasteiger partial charge in [-0.1, -0.05) is 18.2 Å². The fourth-order valence-corrected chi connectivity index (χ4v) is 3.99. The van der Waals surface area contributed by atoms with Crippen molar-refractivity contribution in [2.45, 2.75) is 33.0 Å². The second kappa shape index (κ2) is 8.98. The van der Waals surface area contributed by atoms with Crippen LogP contribution in [0.2, 0.25) is 0 Å². The standard InChI is InChI=1S/C21H24ClN3O3S/c1-12(22)10-25-18-8-20(28-5)19(27-4)7-15(18)6-16(21(25)26)9-23-13(2)17-11-29-14(3)24-17/h6-8,11,13,23H,1,9-10H2,2-5H3/t13-/m1/s1. The molecular formula is C21H24ClN3O3S. The smallest absolute Gasteiger partial charge is 0.255 e. The molecule has 0 bridgehead atoms. The zero-order valence-corrected chi connectivity index (χ0v) is 18.5. The first-order valence-electron chi connectivity index (χ1n) is 9.11. The minimum Gasteiger partial charge on any atom is -0.493 e. The van der Waals surface area contributed by atoms with Crippen molar-refractivity contribution in [2.24, 2.45) is 0 Å². The molecule has 0 aliphatic rings. The van der Waals surface area contributed by atoms with Crippen molar-refractivity contribution in [2.75, 3.05) is 14.2 Å². The van der Waals surface area contributed by atoms with Crippen LogP contribution in [0.4, 0.5) is 0 Å². The molecule has 0 fully saturated rings. The number of thiazole rings is 1. The molecular weight excluding hydrogens is 410 g/mol. The number of rotatable bonds is 8. The van der Waals surface area contributed by atoms with Crippen molar-refractivity contribution in [3.05, 3.63) is 61.8 Å². The van der Waals surface area contributed by atoms with Gasteiger partial charge >= 0.3 is 0 Å². The maximum absolute atomic E-state index is 13.2. The van der Waals surface area contributed by atoms with Crippen LogP contribution in [0.25, 0.3) is 10.9 Å². The van der Waals surface area contributed by atoms with Gasteiger partial charge < -0.3 is 19.4 Å². The van der Waals surface area contributed by atoms with E-state index in [-0.39, 0.29) is 18.1 Å². The molecule has 0 amide bonds. The molecule has 1 N–H and O–H groups in total. The summed E-state index contributed by atoms with van der Waals surface area (Å²) >= 11 is 7.66. The third-order valence-electron chi connectivity index (χ3n) is 4.68. The summed E-state index contributed by atoms with van der Waals surface area (Å²) < 4.78 is 12.4. The first kappa shape index (κ1) is 21.4. The van der Waals surface area contributed by atoms with Gasteiger partial charge in [-0.25, -0.2) is 4.98 Å². The number of hydrogen-bond donors (Lipinski definition) is 1. The minimum atomic E-state index is -0.124. The van der Waals surface area contributed by atoms with E-state index in [0.717, 1.165) is 16.1 Å². The molecule has 0 unspecified atom stereocenters. The molecule has 29 heavy (non-hydrogen) atoms. The number of allylic oxidation sites excluding steroid dienone is 1. The highest BCUT2D eigenvalue weighted by Crippen LogP contribution is 2.32. The number of hydrogen-bond acceptors (Lipinski definition) is 6. The van der Waals surface area contributed by atoms with Gasteiger partial charge in [0.15, 0.2) is 11.5 Å². The maximum atomic E-state index is 13.2. The van der Waals surface area contributed by atoms with Gasteiger partial charge in [-0.3, -0.25) is 4.79 Å². The molecule has 0 saturated carbocycles. The van der Waals surface area contributed by atoms with E-state index in [0.29, 0.717) is 34.2 Å². The number of halogens is 1. The second-order valence-electron chi connectivity index (χ2n) is 6.74. The molecule has 0 aliphatic heterocycles. The molecule has 154 valence electrons. The summed E-state index contributed by atoms with van der Waals surface area (Å²) in [6.45, 7) is 8.36.